The molecule has 21 heavy (non-hydrogen) atoms. The summed E-state index contributed by atoms with van der Waals surface area (Å²) in [5.41, 5.74) is 1.05. The van der Waals surface area contributed by atoms with Gasteiger partial charge in [0.15, 0.2) is 5.78 Å². The van der Waals surface area contributed by atoms with Crippen LogP contribution in [0.5, 0.6) is 11.5 Å². The molecular formula is C18H19FO2. The van der Waals surface area contributed by atoms with Crippen molar-refractivity contribution in [3.8, 4) is 11.5 Å². The van der Waals surface area contributed by atoms with E-state index >= 15 is 0 Å². The number of carbonyl (C=O) groups is 1. The van der Waals surface area contributed by atoms with Crippen LogP contribution in [-0.2, 0) is 0 Å². The minimum Gasteiger partial charge on any atom is -0.456 e. The number of halogens is 1. The van der Waals surface area contributed by atoms with Crippen LogP contribution in [-0.4, -0.2) is 5.78 Å². The summed E-state index contributed by atoms with van der Waals surface area (Å²) in [6.45, 7) is 5.55. The van der Waals surface area contributed by atoms with Crippen molar-refractivity contribution in [1.82, 2.24) is 0 Å². The molecule has 0 aliphatic carbocycles. The van der Waals surface area contributed by atoms with Crippen LogP contribution in [0.25, 0.3) is 0 Å². The Hall–Kier alpha value is -2.16. The highest BCUT2D eigenvalue weighted by atomic mass is 19.1. The molecule has 1 atom stereocenters. The van der Waals surface area contributed by atoms with Crippen molar-refractivity contribution < 1.29 is 13.9 Å². The number of ketones is 1. The maximum absolute atomic E-state index is 13.8. The van der Waals surface area contributed by atoms with E-state index in [1.165, 1.54) is 13.0 Å². The van der Waals surface area contributed by atoms with Crippen LogP contribution in [0.2, 0.25) is 0 Å². The summed E-state index contributed by atoms with van der Waals surface area (Å²) in [6.07, 6.45) is 0.975. The van der Waals surface area contributed by atoms with Crippen LogP contribution in [0, 0.1) is 5.82 Å². The molecule has 0 saturated heterocycles. The number of carbonyl (C=O) groups excluding carboxylic acids is 1. The summed E-state index contributed by atoms with van der Waals surface area (Å²) in [7, 11) is 0. The molecule has 0 N–H and O–H groups in total. The van der Waals surface area contributed by atoms with Crippen molar-refractivity contribution in [2.75, 3.05) is 0 Å². The van der Waals surface area contributed by atoms with E-state index < -0.39 is 5.82 Å². The Bertz CT molecular complexity index is 649. The van der Waals surface area contributed by atoms with Gasteiger partial charge in [-0.05, 0) is 43.0 Å². The minimum atomic E-state index is -0.555. The number of hydrogen-bond donors (Lipinski definition) is 0. The molecule has 1 unspecified atom stereocenters. The predicted molar refractivity (Wildman–Crippen MR) is 81.6 cm³/mol. The lowest BCUT2D eigenvalue weighted by molar-refractivity contribution is 0.101. The van der Waals surface area contributed by atoms with Crippen molar-refractivity contribution in [3.05, 3.63) is 59.4 Å². The molecule has 0 saturated carbocycles. The molecule has 0 aliphatic heterocycles. The Balaban J connectivity index is 2.44. The monoisotopic (exact) mass is 286 g/mol. The van der Waals surface area contributed by atoms with E-state index in [1.54, 1.807) is 12.1 Å². The maximum Gasteiger partial charge on any atom is 0.166 e. The number of benzene rings is 2. The highest BCUT2D eigenvalue weighted by Crippen LogP contribution is 2.34. The van der Waals surface area contributed by atoms with E-state index in [9.17, 15) is 9.18 Å². The Kier molecular flexibility index (Phi) is 4.73. The second-order valence-corrected chi connectivity index (χ2v) is 5.12. The molecule has 0 amide bonds. The van der Waals surface area contributed by atoms with Gasteiger partial charge in [-0.25, -0.2) is 4.39 Å². The van der Waals surface area contributed by atoms with Crippen molar-refractivity contribution in [1.29, 1.82) is 0 Å². The minimum absolute atomic E-state index is 0.00328. The molecule has 3 heteroatoms. The quantitative estimate of drug-likeness (QED) is 0.694. The molecule has 2 aromatic carbocycles. The number of Topliss-reactive ketones (excluding diaryl/α,β-unsaturated/α-hetero) is 1. The molecule has 0 fully saturated rings. The van der Waals surface area contributed by atoms with E-state index in [-0.39, 0.29) is 17.1 Å². The van der Waals surface area contributed by atoms with Gasteiger partial charge in [-0.15, -0.1) is 0 Å². The third-order valence-electron chi connectivity index (χ3n) is 3.61. The Morgan fingerprint density at radius 1 is 1.14 bits per heavy atom. The second-order valence-electron chi connectivity index (χ2n) is 5.12. The summed E-state index contributed by atoms with van der Waals surface area (Å²) in [5.74, 6) is 0.360. The number of para-hydroxylation sites is 1. The largest absolute Gasteiger partial charge is 0.456 e. The molecule has 0 aliphatic rings. The third kappa shape index (κ3) is 3.30. The van der Waals surface area contributed by atoms with Crippen molar-refractivity contribution in [2.24, 2.45) is 0 Å². The Morgan fingerprint density at radius 2 is 1.81 bits per heavy atom. The van der Waals surface area contributed by atoms with Crippen LogP contribution < -0.4 is 4.74 Å². The summed E-state index contributed by atoms with van der Waals surface area (Å²) in [4.78, 5) is 11.6. The fourth-order valence-electron chi connectivity index (χ4n) is 2.25. The van der Waals surface area contributed by atoms with Gasteiger partial charge < -0.3 is 4.74 Å². The summed E-state index contributed by atoms with van der Waals surface area (Å²) in [5, 5.41) is 0. The molecule has 0 bridgehead atoms. The first-order chi connectivity index (χ1) is 10.0. The molecule has 110 valence electrons. The third-order valence-corrected chi connectivity index (χ3v) is 3.61. The average molecular weight is 286 g/mol. The fraction of sp³-hybridized carbons (Fsp3) is 0.278. The standard InChI is InChI=1S/C18H19FO2/c1-4-12(2)14-8-5-6-10-16(14)21-17-11-7-9-15(19)18(17)13(3)20/h5-12H,4H2,1-3H3. The smallest absolute Gasteiger partial charge is 0.166 e. The van der Waals surface area contributed by atoms with Gasteiger partial charge in [0.2, 0.25) is 0 Å². The molecule has 0 radical (unpaired) electrons. The summed E-state index contributed by atoms with van der Waals surface area (Å²) < 4.78 is 19.7. The van der Waals surface area contributed by atoms with Gasteiger partial charge in [-0.3, -0.25) is 4.79 Å². The summed E-state index contributed by atoms with van der Waals surface area (Å²) in [6, 6.07) is 12.1. The highest BCUT2D eigenvalue weighted by molar-refractivity contribution is 5.97. The van der Waals surface area contributed by atoms with Gasteiger partial charge in [-0.2, -0.15) is 0 Å². The number of ether oxygens (including phenoxy) is 1. The normalized spacial score (nSPS) is 12.0. The Morgan fingerprint density at radius 3 is 2.48 bits per heavy atom. The van der Waals surface area contributed by atoms with E-state index in [4.69, 9.17) is 4.74 Å². The van der Waals surface area contributed by atoms with Gasteiger partial charge in [0, 0.05) is 0 Å². The molecule has 2 aromatic rings. The Labute approximate surface area is 124 Å². The van der Waals surface area contributed by atoms with E-state index in [2.05, 4.69) is 13.8 Å². The lowest BCUT2D eigenvalue weighted by atomic mass is 9.98. The first-order valence-corrected chi connectivity index (χ1v) is 7.10. The molecular weight excluding hydrogens is 267 g/mol. The maximum atomic E-state index is 13.8. The van der Waals surface area contributed by atoms with Crippen LogP contribution in [0.3, 0.4) is 0 Å². The van der Waals surface area contributed by atoms with Crippen LogP contribution in [0.15, 0.2) is 42.5 Å². The van der Waals surface area contributed by atoms with Crippen LogP contribution in [0.1, 0.15) is 49.0 Å². The van der Waals surface area contributed by atoms with Crippen molar-refractivity contribution in [2.45, 2.75) is 33.1 Å². The molecule has 2 rings (SSSR count). The van der Waals surface area contributed by atoms with E-state index in [1.807, 2.05) is 24.3 Å². The van der Waals surface area contributed by atoms with Crippen LogP contribution in [0.4, 0.5) is 4.39 Å². The first kappa shape index (κ1) is 15.2. The number of hydrogen-bond acceptors (Lipinski definition) is 2. The number of rotatable bonds is 5. The topological polar surface area (TPSA) is 26.3 Å². The van der Waals surface area contributed by atoms with E-state index in [0.717, 1.165) is 12.0 Å². The van der Waals surface area contributed by atoms with Crippen molar-refractivity contribution >= 4 is 5.78 Å². The van der Waals surface area contributed by atoms with E-state index in [0.29, 0.717) is 11.7 Å². The van der Waals surface area contributed by atoms with Gasteiger partial charge >= 0.3 is 0 Å². The lowest BCUT2D eigenvalue weighted by Gasteiger charge is -2.16. The molecule has 2 nitrogen and oxygen atoms in total. The van der Waals surface area contributed by atoms with Crippen molar-refractivity contribution in [3.63, 3.8) is 0 Å². The summed E-state index contributed by atoms with van der Waals surface area (Å²) >= 11 is 0. The predicted octanol–water partition coefficient (Wildman–Crippen LogP) is 5.33. The zero-order valence-electron chi connectivity index (χ0n) is 12.5. The zero-order valence-corrected chi connectivity index (χ0v) is 12.5. The van der Waals surface area contributed by atoms with Gasteiger partial charge in [0.25, 0.3) is 0 Å². The average Bonchev–Trinajstić information content (AvgIpc) is 2.46. The molecule has 0 aromatic heterocycles. The fourth-order valence-corrected chi connectivity index (χ4v) is 2.25. The lowest BCUT2D eigenvalue weighted by Crippen LogP contribution is -2.02. The first-order valence-electron chi connectivity index (χ1n) is 7.10. The van der Waals surface area contributed by atoms with Gasteiger partial charge in [0.1, 0.15) is 17.3 Å². The second kappa shape index (κ2) is 6.53. The van der Waals surface area contributed by atoms with Crippen LogP contribution >= 0.6 is 0 Å². The van der Waals surface area contributed by atoms with Gasteiger partial charge in [-0.1, -0.05) is 38.1 Å². The highest BCUT2D eigenvalue weighted by Gasteiger charge is 2.17. The molecule has 0 spiro atoms. The zero-order chi connectivity index (χ0) is 15.4. The van der Waals surface area contributed by atoms with Gasteiger partial charge in [0.05, 0.1) is 5.56 Å². The SMILES string of the molecule is CCC(C)c1ccccc1Oc1cccc(F)c1C(C)=O. The molecule has 0 heterocycles.